The van der Waals surface area contributed by atoms with E-state index in [9.17, 15) is 4.39 Å². The van der Waals surface area contributed by atoms with Crippen molar-refractivity contribution in [1.82, 2.24) is 10.4 Å². The van der Waals surface area contributed by atoms with Crippen molar-refractivity contribution in [3.05, 3.63) is 52.7 Å². The molecule has 0 amide bonds. The van der Waals surface area contributed by atoms with Gasteiger partial charge in [0, 0.05) is 30.5 Å². The Hall–Kier alpha value is -1.94. The number of nitrogens with one attached hydrogen (secondary N) is 1. The molecule has 0 radical (unpaired) electrons. The van der Waals surface area contributed by atoms with Crippen LogP contribution in [-0.4, -0.2) is 18.3 Å². The van der Waals surface area contributed by atoms with Crippen LogP contribution in [0.25, 0.3) is 5.57 Å². The Morgan fingerprint density at radius 3 is 2.48 bits per heavy atom. The summed E-state index contributed by atoms with van der Waals surface area (Å²) in [4.78, 5) is 4.74. The number of nitrogens with zero attached hydrogens (tertiary/aromatic N) is 2. The average molecular weight is 341 g/mol. The Morgan fingerprint density at radius 1 is 1.20 bits per heavy atom. The number of halogens is 1. The molecule has 1 aromatic rings. The number of hydrogen-bond donors (Lipinski definition) is 1. The number of rotatable bonds is 4. The monoisotopic (exact) mass is 341 g/mol. The average Bonchev–Trinajstić information content (AvgIpc) is 2.67. The van der Waals surface area contributed by atoms with E-state index in [1.165, 1.54) is 55.5 Å². The molecule has 1 heterocycles. The first kappa shape index (κ1) is 17.9. The minimum absolute atomic E-state index is 0.204. The molecule has 1 aliphatic heterocycles. The van der Waals surface area contributed by atoms with Crippen LogP contribution < -0.4 is 5.43 Å². The lowest BCUT2D eigenvalue weighted by Gasteiger charge is -2.38. The van der Waals surface area contributed by atoms with Crippen molar-refractivity contribution in [1.29, 1.82) is 0 Å². The van der Waals surface area contributed by atoms with Crippen molar-refractivity contribution in [3.63, 3.8) is 0 Å². The van der Waals surface area contributed by atoms with Crippen molar-refractivity contribution in [3.8, 4) is 0 Å². The maximum atomic E-state index is 13.4. The van der Waals surface area contributed by atoms with Crippen molar-refractivity contribution in [2.45, 2.75) is 52.4 Å². The van der Waals surface area contributed by atoms with E-state index in [0.29, 0.717) is 5.92 Å². The molecule has 134 valence electrons. The second-order valence-electron chi connectivity index (χ2n) is 6.92. The third-order valence-electron chi connectivity index (χ3n) is 5.33. The Morgan fingerprint density at radius 2 is 1.88 bits per heavy atom. The van der Waals surface area contributed by atoms with Crippen molar-refractivity contribution >= 4 is 11.8 Å². The van der Waals surface area contributed by atoms with E-state index in [1.807, 2.05) is 25.4 Å². The highest BCUT2D eigenvalue weighted by Crippen LogP contribution is 2.39. The van der Waals surface area contributed by atoms with Crippen LogP contribution >= 0.6 is 0 Å². The van der Waals surface area contributed by atoms with E-state index in [4.69, 9.17) is 4.99 Å². The van der Waals surface area contributed by atoms with Crippen LogP contribution in [0.4, 0.5) is 4.39 Å². The lowest BCUT2D eigenvalue weighted by molar-refractivity contribution is 0.261. The summed E-state index contributed by atoms with van der Waals surface area (Å²) in [5, 5.41) is 2.16. The Labute approximate surface area is 150 Å². The first-order valence-electron chi connectivity index (χ1n) is 9.37. The number of aliphatic imine (C=N–C) groups is 1. The Kier molecular flexibility index (Phi) is 5.69. The fraction of sp³-hybridized carbons (Fsp3) is 0.476. The van der Waals surface area contributed by atoms with Crippen LogP contribution in [0.15, 0.2) is 46.3 Å². The van der Waals surface area contributed by atoms with Gasteiger partial charge in [0.1, 0.15) is 11.6 Å². The van der Waals surface area contributed by atoms with E-state index in [0.717, 1.165) is 23.4 Å². The lowest BCUT2D eigenvalue weighted by atomic mass is 9.83. The standard InChI is InChI=1S/C21H28FN3/c1-4-15(2)21-24-14-19(16-10-12-18(22)13-11-16)20(25(21)23-3)17-8-6-5-7-9-17/h10-14,17,23H,4-9H2,1-3H3/b21-15-. The molecule has 3 rings (SSSR count). The van der Waals surface area contributed by atoms with E-state index < -0.39 is 0 Å². The third-order valence-corrected chi connectivity index (χ3v) is 5.33. The zero-order valence-corrected chi connectivity index (χ0v) is 15.5. The van der Waals surface area contributed by atoms with Crippen LogP contribution in [0.5, 0.6) is 0 Å². The third kappa shape index (κ3) is 3.69. The number of benzene rings is 1. The van der Waals surface area contributed by atoms with Gasteiger partial charge in [-0.15, -0.1) is 0 Å². The van der Waals surface area contributed by atoms with E-state index in [1.54, 1.807) is 0 Å². The summed E-state index contributed by atoms with van der Waals surface area (Å²) < 4.78 is 13.4. The maximum absolute atomic E-state index is 13.4. The summed E-state index contributed by atoms with van der Waals surface area (Å²) >= 11 is 0. The van der Waals surface area contributed by atoms with Crippen LogP contribution in [0.1, 0.15) is 57.9 Å². The molecule has 0 spiro atoms. The first-order valence-corrected chi connectivity index (χ1v) is 9.37. The molecule has 3 nitrogen and oxygen atoms in total. The first-order chi connectivity index (χ1) is 12.2. The summed E-state index contributed by atoms with van der Waals surface area (Å²) in [5.41, 5.74) is 8.04. The number of hydrogen-bond acceptors (Lipinski definition) is 3. The van der Waals surface area contributed by atoms with E-state index in [-0.39, 0.29) is 5.82 Å². The number of hydrazine groups is 1. The predicted octanol–water partition coefficient (Wildman–Crippen LogP) is 5.28. The summed E-state index contributed by atoms with van der Waals surface area (Å²) in [7, 11) is 1.95. The van der Waals surface area contributed by atoms with Crippen LogP contribution in [0.3, 0.4) is 0 Å². The van der Waals surface area contributed by atoms with Gasteiger partial charge in [0.15, 0.2) is 0 Å². The highest BCUT2D eigenvalue weighted by molar-refractivity contribution is 6.12. The van der Waals surface area contributed by atoms with E-state index >= 15 is 0 Å². The van der Waals surface area contributed by atoms with Crippen molar-refractivity contribution in [2.75, 3.05) is 7.05 Å². The molecule has 0 bridgehead atoms. The van der Waals surface area contributed by atoms with Gasteiger partial charge in [0.25, 0.3) is 0 Å². The minimum Gasteiger partial charge on any atom is -0.263 e. The largest absolute Gasteiger partial charge is 0.263 e. The summed E-state index contributed by atoms with van der Waals surface area (Å²) in [6.07, 6.45) is 9.19. The summed E-state index contributed by atoms with van der Waals surface area (Å²) in [6.45, 7) is 4.30. The molecule has 1 N–H and O–H groups in total. The van der Waals surface area contributed by atoms with Gasteiger partial charge in [-0.05, 0) is 49.5 Å². The molecular formula is C21H28FN3. The molecule has 2 aliphatic rings. The second kappa shape index (κ2) is 7.96. The highest BCUT2D eigenvalue weighted by atomic mass is 19.1. The summed E-state index contributed by atoms with van der Waals surface area (Å²) in [6, 6.07) is 6.77. The van der Waals surface area contributed by atoms with Crippen LogP contribution in [0.2, 0.25) is 0 Å². The SMILES string of the molecule is CC/C(C)=C1/N=CC(c2ccc(F)cc2)=C(C2CCCCC2)N1NC. The molecule has 1 aliphatic carbocycles. The van der Waals surface area contributed by atoms with Gasteiger partial charge in [-0.25, -0.2) is 14.8 Å². The van der Waals surface area contributed by atoms with E-state index in [2.05, 4.69) is 24.3 Å². The molecule has 1 fully saturated rings. The predicted molar refractivity (Wildman–Crippen MR) is 102 cm³/mol. The smallest absolute Gasteiger partial charge is 0.146 e. The molecule has 25 heavy (non-hydrogen) atoms. The van der Waals surface area contributed by atoms with Crippen LogP contribution in [0, 0.1) is 11.7 Å². The maximum Gasteiger partial charge on any atom is 0.146 e. The van der Waals surface area contributed by atoms with Gasteiger partial charge < -0.3 is 0 Å². The lowest BCUT2D eigenvalue weighted by Crippen LogP contribution is -2.39. The fourth-order valence-electron chi connectivity index (χ4n) is 3.80. The van der Waals surface area contributed by atoms with Gasteiger partial charge in [-0.2, -0.15) is 0 Å². The Bertz CT molecular complexity index is 694. The molecule has 1 saturated carbocycles. The van der Waals surface area contributed by atoms with Gasteiger partial charge >= 0.3 is 0 Å². The normalized spacial score (nSPS) is 21.0. The van der Waals surface area contributed by atoms with Gasteiger partial charge in [-0.1, -0.05) is 38.3 Å². The second-order valence-corrected chi connectivity index (χ2v) is 6.92. The quantitative estimate of drug-likeness (QED) is 0.807. The molecular weight excluding hydrogens is 313 g/mol. The topological polar surface area (TPSA) is 27.6 Å². The van der Waals surface area contributed by atoms with Gasteiger partial charge in [-0.3, -0.25) is 5.01 Å². The zero-order valence-electron chi connectivity index (χ0n) is 15.5. The molecule has 0 atom stereocenters. The Balaban J connectivity index is 2.12. The molecule has 0 aromatic heterocycles. The van der Waals surface area contributed by atoms with Crippen molar-refractivity contribution < 1.29 is 4.39 Å². The number of allylic oxidation sites excluding steroid dienone is 3. The minimum atomic E-state index is -0.204. The molecule has 0 saturated heterocycles. The highest BCUT2D eigenvalue weighted by Gasteiger charge is 2.30. The summed E-state index contributed by atoms with van der Waals surface area (Å²) in [5.74, 6) is 1.30. The molecule has 4 heteroatoms. The van der Waals surface area contributed by atoms with Crippen LogP contribution in [-0.2, 0) is 0 Å². The molecule has 0 unspecified atom stereocenters. The van der Waals surface area contributed by atoms with Gasteiger partial charge in [0.05, 0.1) is 0 Å². The molecule has 1 aromatic carbocycles. The van der Waals surface area contributed by atoms with Crippen molar-refractivity contribution in [2.24, 2.45) is 10.9 Å². The zero-order chi connectivity index (χ0) is 17.8. The van der Waals surface area contributed by atoms with Gasteiger partial charge in [0.2, 0.25) is 0 Å². The fourth-order valence-corrected chi connectivity index (χ4v) is 3.80.